The van der Waals surface area contributed by atoms with Crippen LogP contribution in [0.4, 0.5) is 0 Å². The van der Waals surface area contributed by atoms with Crippen LogP contribution in [0.15, 0.2) is 0 Å². The Balaban J connectivity index is 1.30. The van der Waals surface area contributed by atoms with Gasteiger partial charge in [0.15, 0.2) is 0 Å². The Bertz CT molecular complexity index is 755. The van der Waals surface area contributed by atoms with E-state index in [1.165, 1.54) is 19.3 Å². The van der Waals surface area contributed by atoms with Gasteiger partial charge in [0.2, 0.25) is 0 Å². The maximum absolute atomic E-state index is 11.9. The highest BCUT2D eigenvalue weighted by Gasteiger charge is 2.94. The van der Waals surface area contributed by atoms with Crippen molar-refractivity contribution in [2.75, 3.05) is 6.61 Å². The van der Waals surface area contributed by atoms with Crippen LogP contribution in [0.1, 0.15) is 71.6 Å². The van der Waals surface area contributed by atoms with Gasteiger partial charge in [-0.2, -0.15) is 0 Å². The van der Waals surface area contributed by atoms with Gasteiger partial charge in [-0.3, -0.25) is 0 Å². The van der Waals surface area contributed by atoms with E-state index < -0.39 is 5.60 Å². The fourth-order valence-corrected chi connectivity index (χ4v) is 10.6. The lowest BCUT2D eigenvalue weighted by Crippen LogP contribution is -2.61. The number of ether oxygens (including phenoxy) is 1. The van der Waals surface area contributed by atoms with E-state index in [4.69, 9.17) is 4.74 Å². The first kappa shape index (κ1) is 17.5. The van der Waals surface area contributed by atoms with Gasteiger partial charge in [-0.05, 0) is 92.3 Å². The van der Waals surface area contributed by atoms with Gasteiger partial charge in [0.05, 0.1) is 11.7 Å². The summed E-state index contributed by atoms with van der Waals surface area (Å²) in [6.07, 6.45) is 8.96. The van der Waals surface area contributed by atoms with Crippen molar-refractivity contribution in [2.45, 2.75) is 94.5 Å². The average Bonchev–Trinajstić information content (AvgIpc) is 3.56. The SMILES string of the molecule is C[C@]12CCC3C(C1[C@@H]1C[C@@H]1[C@@]2(O)CCCO)C1C[C@]12O[C@]21C[C@@H](O)CC[C@]31C. The van der Waals surface area contributed by atoms with Crippen LogP contribution in [0.5, 0.6) is 0 Å². The van der Waals surface area contributed by atoms with Gasteiger partial charge in [0, 0.05) is 18.4 Å². The largest absolute Gasteiger partial charge is 0.396 e. The maximum atomic E-state index is 11.9. The molecule has 1 aliphatic heterocycles. The Kier molecular flexibility index (Phi) is 2.93. The molecular formula is C24H36O4. The zero-order valence-electron chi connectivity index (χ0n) is 17.4. The molecule has 7 fully saturated rings. The summed E-state index contributed by atoms with van der Waals surface area (Å²) in [7, 11) is 0. The van der Waals surface area contributed by atoms with E-state index in [9.17, 15) is 15.3 Å². The second kappa shape index (κ2) is 4.69. The molecule has 6 aliphatic carbocycles. The first-order chi connectivity index (χ1) is 13.3. The molecule has 4 unspecified atom stereocenters. The molecule has 1 heterocycles. The van der Waals surface area contributed by atoms with Crippen molar-refractivity contribution in [1.29, 1.82) is 0 Å². The third kappa shape index (κ3) is 1.54. The molecule has 4 nitrogen and oxygen atoms in total. The number of rotatable bonds is 3. The molecule has 2 spiro atoms. The van der Waals surface area contributed by atoms with Crippen LogP contribution in [-0.2, 0) is 4.74 Å². The van der Waals surface area contributed by atoms with Crippen molar-refractivity contribution in [3.05, 3.63) is 0 Å². The fraction of sp³-hybridized carbons (Fsp3) is 1.00. The molecule has 0 aromatic carbocycles. The lowest BCUT2D eigenvalue weighted by atomic mass is 9.43. The molecule has 6 saturated carbocycles. The standard InChI is InChI=1S/C24H36O4/c1-20-7-4-13(26)11-24(20)23(28-24)12-17(23)18-15(20)5-8-21(2)19(18)14-10-16(14)22(21,27)6-3-9-25/h13-19,25-27H,3-12H2,1-2H3/t13-,14+,15?,16-,17?,18?,19?,20+,21-,22-,23-,24-/m0/s1. The summed E-state index contributed by atoms with van der Waals surface area (Å²) in [5.74, 6) is 3.87. The summed E-state index contributed by atoms with van der Waals surface area (Å²) >= 11 is 0. The molecule has 0 amide bonds. The quantitative estimate of drug-likeness (QED) is 0.650. The highest BCUT2D eigenvalue weighted by atomic mass is 16.6. The molecule has 4 heteroatoms. The normalized spacial score (nSPS) is 70.0. The highest BCUT2D eigenvalue weighted by molar-refractivity contribution is 5.42. The number of fused-ring (bicyclic) bond motifs is 7. The number of aliphatic hydroxyl groups is 3. The van der Waals surface area contributed by atoms with Gasteiger partial charge in [0.25, 0.3) is 0 Å². The third-order valence-electron chi connectivity index (χ3n) is 11.9. The summed E-state index contributed by atoms with van der Waals surface area (Å²) < 4.78 is 6.69. The van der Waals surface area contributed by atoms with E-state index in [2.05, 4.69) is 13.8 Å². The molecule has 0 radical (unpaired) electrons. The molecular weight excluding hydrogens is 352 g/mol. The number of aliphatic hydroxyl groups excluding tert-OH is 2. The minimum atomic E-state index is -0.569. The molecule has 28 heavy (non-hydrogen) atoms. The third-order valence-corrected chi connectivity index (χ3v) is 11.9. The Labute approximate surface area is 168 Å². The number of hydrogen-bond donors (Lipinski definition) is 3. The van der Waals surface area contributed by atoms with Gasteiger partial charge in [-0.1, -0.05) is 13.8 Å². The smallest absolute Gasteiger partial charge is 0.106 e. The molecule has 12 atom stereocenters. The van der Waals surface area contributed by atoms with E-state index in [0.29, 0.717) is 35.5 Å². The van der Waals surface area contributed by atoms with Crippen LogP contribution in [0.25, 0.3) is 0 Å². The summed E-state index contributed by atoms with van der Waals surface area (Å²) in [6.45, 7) is 5.09. The zero-order chi connectivity index (χ0) is 19.3. The molecule has 0 aromatic rings. The van der Waals surface area contributed by atoms with Crippen LogP contribution in [0.2, 0.25) is 0 Å². The lowest BCUT2D eigenvalue weighted by molar-refractivity contribution is -0.170. The van der Waals surface area contributed by atoms with E-state index >= 15 is 0 Å². The van der Waals surface area contributed by atoms with Crippen LogP contribution in [-0.4, -0.2) is 44.8 Å². The first-order valence-electron chi connectivity index (χ1n) is 12.0. The van der Waals surface area contributed by atoms with Crippen LogP contribution >= 0.6 is 0 Å². The summed E-state index contributed by atoms with van der Waals surface area (Å²) in [5, 5.41) is 31.8. The topological polar surface area (TPSA) is 73.2 Å². The second-order valence-corrected chi connectivity index (χ2v) is 12.4. The van der Waals surface area contributed by atoms with Gasteiger partial charge >= 0.3 is 0 Å². The Morgan fingerprint density at radius 1 is 1.00 bits per heavy atom. The summed E-state index contributed by atoms with van der Waals surface area (Å²) in [6, 6.07) is 0. The highest BCUT2D eigenvalue weighted by Crippen LogP contribution is 2.89. The van der Waals surface area contributed by atoms with Gasteiger partial charge in [0.1, 0.15) is 11.2 Å². The van der Waals surface area contributed by atoms with Crippen molar-refractivity contribution in [2.24, 2.45) is 46.3 Å². The number of hydrogen-bond acceptors (Lipinski definition) is 4. The van der Waals surface area contributed by atoms with Crippen LogP contribution < -0.4 is 0 Å². The van der Waals surface area contributed by atoms with Gasteiger partial charge < -0.3 is 20.1 Å². The van der Waals surface area contributed by atoms with E-state index in [1.807, 2.05) is 0 Å². The summed E-state index contributed by atoms with van der Waals surface area (Å²) in [5.41, 5.74) is -0.299. The van der Waals surface area contributed by atoms with E-state index in [-0.39, 0.29) is 34.7 Å². The van der Waals surface area contributed by atoms with Gasteiger partial charge in [-0.25, -0.2) is 0 Å². The molecule has 0 aromatic heterocycles. The minimum Gasteiger partial charge on any atom is -0.396 e. The Morgan fingerprint density at radius 2 is 1.79 bits per heavy atom. The molecule has 156 valence electrons. The predicted molar refractivity (Wildman–Crippen MR) is 103 cm³/mol. The molecule has 7 aliphatic rings. The average molecular weight is 389 g/mol. The molecule has 0 bridgehead atoms. The van der Waals surface area contributed by atoms with Crippen molar-refractivity contribution >= 4 is 0 Å². The predicted octanol–water partition coefficient (Wildman–Crippen LogP) is 2.88. The minimum absolute atomic E-state index is 0.0140. The molecule has 7 rings (SSSR count). The summed E-state index contributed by atoms with van der Waals surface area (Å²) in [4.78, 5) is 0. The van der Waals surface area contributed by atoms with Gasteiger partial charge in [-0.15, -0.1) is 0 Å². The van der Waals surface area contributed by atoms with E-state index in [0.717, 1.165) is 38.5 Å². The van der Waals surface area contributed by atoms with Crippen molar-refractivity contribution < 1.29 is 20.1 Å². The fourth-order valence-electron chi connectivity index (χ4n) is 10.6. The second-order valence-electron chi connectivity index (χ2n) is 12.4. The first-order valence-corrected chi connectivity index (χ1v) is 12.0. The van der Waals surface area contributed by atoms with Crippen LogP contribution in [0.3, 0.4) is 0 Å². The maximum Gasteiger partial charge on any atom is 0.106 e. The monoisotopic (exact) mass is 388 g/mol. The zero-order valence-corrected chi connectivity index (χ0v) is 17.4. The van der Waals surface area contributed by atoms with Crippen molar-refractivity contribution in [1.82, 2.24) is 0 Å². The molecule has 1 saturated heterocycles. The number of epoxide rings is 1. The van der Waals surface area contributed by atoms with Crippen LogP contribution in [0, 0.1) is 46.3 Å². The Morgan fingerprint density at radius 3 is 2.57 bits per heavy atom. The lowest BCUT2D eigenvalue weighted by Gasteiger charge is -2.61. The van der Waals surface area contributed by atoms with E-state index in [1.54, 1.807) is 0 Å². The molecule has 3 N–H and O–H groups in total. The van der Waals surface area contributed by atoms with Crippen molar-refractivity contribution in [3.8, 4) is 0 Å². The Hall–Kier alpha value is -0.160. The van der Waals surface area contributed by atoms with Crippen molar-refractivity contribution in [3.63, 3.8) is 0 Å².